The number of hydrogen-bond donors (Lipinski definition) is 1. The summed E-state index contributed by atoms with van der Waals surface area (Å²) < 4.78 is 4.89. The van der Waals surface area contributed by atoms with Gasteiger partial charge in [0.15, 0.2) is 5.11 Å². The van der Waals surface area contributed by atoms with Gasteiger partial charge in [-0.05, 0) is 32.0 Å². The van der Waals surface area contributed by atoms with Crippen molar-refractivity contribution in [1.29, 1.82) is 0 Å². The van der Waals surface area contributed by atoms with E-state index in [9.17, 15) is 14.4 Å². The number of amides is 2. The number of unbranched alkanes of at least 4 members (excludes halogenated alkanes) is 2. The number of nitrogens with one attached hydrogen (secondary N) is 1. The van der Waals surface area contributed by atoms with Crippen LogP contribution in [0.1, 0.15) is 59.3 Å². The molecule has 1 heterocycles. The lowest BCUT2D eigenvalue weighted by Gasteiger charge is -2.40. The molecule has 23 heavy (non-hydrogen) atoms. The summed E-state index contributed by atoms with van der Waals surface area (Å²) >= 11 is 5.08. The third-order valence-electron chi connectivity index (χ3n) is 4.06. The number of rotatable bonds is 9. The first-order valence-electron chi connectivity index (χ1n) is 8.25. The van der Waals surface area contributed by atoms with Crippen molar-refractivity contribution >= 4 is 35.1 Å². The number of hydrogen-bond acceptors (Lipinski definition) is 5. The maximum absolute atomic E-state index is 13.0. The lowest BCUT2D eigenvalue weighted by molar-refractivity contribution is -0.156. The van der Waals surface area contributed by atoms with Gasteiger partial charge >= 0.3 is 5.97 Å². The van der Waals surface area contributed by atoms with Crippen molar-refractivity contribution in [2.45, 2.75) is 59.3 Å². The third-order valence-corrected chi connectivity index (χ3v) is 4.38. The Morgan fingerprint density at radius 3 is 2.22 bits per heavy atom. The molecule has 1 fully saturated rings. The highest BCUT2D eigenvalue weighted by atomic mass is 32.1. The van der Waals surface area contributed by atoms with Crippen molar-refractivity contribution in [3.05, 3.63) is 0 Å². The van der Waals surface area contributed by atoms with E-state index in [1.807, 2.05) is 13.8 Å². The largest absolute Gasteiger partial charge is 0.465 e. The molecule has 0 unspecified atom stereocenters. The van der Waals surface area contributed by atoms with E-state index in [1.54, 1.807) is 6.92 Å². The molecule has 7 heteroatoms. The van der Waals surface area contributed by atoms with E-state index >= 15 is 0 Å². The highest BCUT2D eigenvalue weighted by Gasteiger charge is 2.51. The van der Waals surface area contributed by atoms with E-state index in [0.29, 0.717) is 12.8 Å². The van der Waals surface area contributed by atoms with Crippen LogP contribution >= 0.6 is 12.2 Å². The van der Waals surface area contributed by atoms with E-state index < -0.39 is 11.4 Å². The topological polar surface area (TPSA) is 75.7 Å². The molecule has 0 spiro atoms. The smallest absolute Gasteiger partial charge is 0.326 e. The third kappa shape index (κ3) is 4.50. The molecule has 0 aliphatic carbocycles. The molecule has 0 atom stereocenters. The maximum atomic E-state index is 13.0. The van der Waals surface area contributed by atoms with Gasteiger partial charge in [-0.2, -0.15) is 0 Å². The molecule has 6 nitrogen and oxygen atoms in total. The SMILES string of the molecule is CCCCC1(CCCC)C(=O)NC(=S)N(CC(=O)OCC)C1=O. The summed E-state index contributed by atoms with van der Waals surface area (Å²) in [4.78, 5) is 38.4. The van der Waals surface area contributed by atoms with E-state index in [2.05, 4.69) is 5.32 Å². The summed E-state index contributed by atoms with van der Waals surface area (Å²) in [6.07, 6.45) is 4.24. The fourth-order valence-corrected chi connectivity index (χ4v) is 2.97. The minimum atomic E-state index is -1.12. The predicted octanol–water partition coefficient (Wildman–Crippen LogP) is 2.16. The highest BCUT2D eigenvalue weighted by Crippen LogP contribution is 2.36. The van der Waals surface area contributed by atoms with Gasteiger partial charge in [0.2, 0.25) is 11.8 Å². The molecule has 0 bridgehead atoms. The molecule has 1 rings (SSSR count). The first kappa shape index (κ1) is 19.5. The lowest BCUT2D eigenvalue weighted by Crippen LogP contribution is -2.64. The average Bonchev–Trinajstić information content (AvgIpc) is 2.51. The first-order chi connectivity index (χ1) is 10.9. The molecule has 1 aliphatic rings. The zero-order chi connectivity index (χ0) is 17.5. The number of carbonyl (C=O) groups is 3. The van der Waals surface area contributed by atoms with Crippen LogP contribution in [0.15, 0.2) is 0 Å². The van der Waals surface area contributed by atoms with Crippen LogP contribution < -0.4 is 5.32 Å². The Hall–Kier alpha value is -1.50. The van der Waals surface area contributed by atoms with E-state index in [1.165, 1.54) is 4.90 Å². The van der Waals surface area contributed by atoms with Gasteiger partial charge in [-0.15, -0.1) is 0 Å². The molecule has 130 valence electrons. The second-order valence-electron chi connectivity index (χ2n) is 5.74. The summed E-state index contributed by atoms with van der Waals surface area (Å²) in [6, 6.07) is 0. The summed E-state index contributed by atoms with van der Waals surface area (Å²) in [5, 5.41) is 2.59. The fourth-order valence-electron chi connectivity index (χ4n) is 2.73. The normalized spacial score (nSPS) is 17.2. The van der Waals surface area contributed by atoms with Crippen molar-refractivity contribution in [1.82, 2.24) is 10.2 Å². The summed E-state index contributed by atoms with van der Waals surface area (Å²) in [5.41, 5.74) is -1.12. The van der Waals surface area contributed by atoms with Gasteiger partial charge < -0.3 is 10.1 Å². The van der Waals surface area contributed by atoms with Crippen molar-refractivity contribution in [3.63, 3.8) is 0 Å². The molecule has 0 aromatic carbocycles. The number of esters is 1. The van der Waals surface area contributed by atoms with Crippen molar-refractivity contribution in [2.24, 2.45) is 5.41 Å². The number of thiocarbonyl (C=S) groups is 1. The first-order valence-corrected chi connectivity index (χ1v) is 8.66. The predicted molar refractivity (Wildman–Crippen MR) is 90.6 cm³/mol. The molecule has 1 saturated heterocycles. The van der Waals surface area contributed by atoms with Crippen LogP contribution in [-0.4, -0.2) is 40.9 Å². The van der Waals surface area contributed by atoms with Crippen LogP contribution in [0.3, 0.4) is 0 Å². The van der Waals surface area contributed by atoms with Crippen LogP contribution in [0, 0.1) is 5.41 Å². The summed E-state index contributed by atoms with van der Waals surface area (Å²) in [7, 11) is 0. The minimum Gasteiger partial charge on any atom is -0.465 e. The number of nitrogens with zero attached hydrogens (tertiary/aromatic N) is 1. The zero-order valence-electron chi connectivity index (χ0n) is 14.1. The van der Waals surface area contributed by atoms with E-state index in [0.717, 1.165) is 25.7 Å². The Balaban J connectivity index is 3.06. The standard InChI is InChI=1S/C16H26N2O4S/c1-4-7-9-16(10-8-5-2)13(20)17-15(23)18(14(16)21)11-12(19)22-6-3/h4-11H2,1-3H3,(H,17,20,23). The Bertz CT molecular complexity index is 471. The van der Waals surface area contributed by atoms with Gasteiger partial charge in [0.1, 0.15) is 12.0 Å². The quantitative estimate of drug-likeness (QED) is 0.395. The molecule has 1 N–H and O–H groups in total. The van der Waals surface area contributed by atoms with Crippen LogP contribution in [0.5, 0.6) is 0 Å². The summed E-state index contributed by atoms with van der Waals surface area (Å²) in [6.45, 7) is 5.70. The second-order valence-corrected chi connectivity index (χ2v) is 6.13. The van der Waals surface area contributed by atoms with Gasteiger partial charge in [-0.3, -0.25) is 19.3 Å². The number of ether oxygens (including phenoxy) is 1. The molecule has 0 radical (unpaired) electrons. The van der Waals surface area contributed by atoms with Gasteiger partial charge in [0.05, 0.1) is 6.61 Å². The van der Waals surface area contributed by atoms with Crippen molar-refractivity contribution < 1.29 is 19.1 Å². The van der Waals surface area contributed by atoms with Crippen LogP contribution in [0.25, 0.3) is 0 Å². The van der Waals surface area contributed by atoms with Crippen LogP contribution in [0.4, 0.5) is 0 Å². The van der Waals surface area contributed by atoms with Crippen molar-refractivity contribution in [3.8, 4) is 0 Å². The van der Waals surface area contributed by atoms with E-state index in [4.69, 9.17) is 17.0 Å². The molecule has 1 aliphatic heterocycles. The molecule has 2 amide bonds. The van der Waals surface area contributed by atoms with Crippen molar-refractivity contribution in [2.75, 3.05) is 13.2 Å². The van der Waals surface area contributed by atoms with Crippen LogP contribution in [0.2, 0.25) is 0 Å². The lowest BCUT2D eigenvalue weighted by atomic mass is 9.75. The molecule has 0 saturated carbocycles. The fraction of sp³-hybridized carbons (Fsp3) is 0.750. The Morgan fingerprint density at radius 1 is 1.17 bits per heavy atom. The molecule has 0 aromatic rings. The van der Waals surface area contributed by atoms with Crippen LogP contribution in [-0.2, 0) is 19.1 Å². The average molecular weight is 342 g/mol. The molecular weight excluding hydrogens is 316 g/mol. The van der Waals surface area contributed by atoms with Gasteiger partial charge in [0.25, 0.3) is 0 Å². The molecular formula is C16H26N2O4S. The van der Waals surface area contributed by atoms with Gasteiger partial charge in [-0.1, -0.05) is 39.5 Å². The second kappa shape index (κ2) is 8.96. The van der Waals surface area contributed by atoms with Gasteiger partial charge in [0, 0.05) is 0 Å². The Morgan fingerprint density at radius 2 is 1.74 bits per heavy atom. The zero-order valence-corrected chi connectivity index (χ0v) is 15.0. The highest BCUT2D eigenvalue weighted by molar-refractivity contribution is 7.80. The Labute approximate surface area is 142 Å². The van der Waals surface area contributed by atoms with Gasteiger partial charge in [-0.25, -0.2) is 0 Å². The molecule has 0 aromatic heterocycles. The summed E-state index contributed by atoms with van der Waals surface area (Å²) in [5.74, 6) is -1.24. The maximum Gasteiger partial charge on any atom is 0.326 e. The minimum absolute atomic E-state index is 0.0170. The number of carbonyl (C=O) groups excluding carboxylic acids is 3. The monoisotopic (exact) mass is 342 g/mol. The van der Waals surface area contributed by atoms with E-state index in [-0.39, 0.29) is 30.1 Å². The Kier molecular flexibility index (Phi) is 7.61.